The molecule has 2 aliphatic heterocycles. The summed E-state index contributed by atoms with van der Waals surface area (Å²) >= 11 is 0. The lowest BCUT2D eigenvalue weighted by Crippen LogP contribution is -2.45. The number of nitrogens with one attached hydrogen (secondary N) is 1. The Balaban J connectivity index is 1.75. The number of aryl methyl sites for hydroxylation is 1. The van der Waals surface area contributed by atoms with Crippen LogP contribution in [0.4, 0.5) is 0 Å². The molecule has 0 bridgehead atoms. The first-order chi connectivity index (χ1) is 12.1. The maximum Gasteiger partial charge on any atom is 0.257 e. The summed E-state index contributed by atoms with van der Waals surface area (Å²) < 4.78 is 7.08. The molecule has 3 rings (SSSR count). The van der Waals surface area contributed by atoms with E-state index in [1.54, 1.807) is 36.1 Å². The molecule has 2 fully saturated rings. The average Bonchev–Trinajstić information content (AvgIpc) is 2.95. The Hall–Kier alpha value is -1.93. The van der Waals surface area contributed by atoms with E-state index in [-0.39, 0.29) is 17.7 Å². The number of nitrogens with zero attached hydrogens (tertiary/aromatic N) is 4. The van der Waals surface area contributed by atoms with Crippen molar-refractivity contribution in [2.45, 2.75) is 18.9 Å². The lowest BCUT2D eigenvalue weighted by molar-refractivity contribution is -0.125. The number of aromatic nitrogens is 2. The predicted molar refractivity (Wildman–Crippen MR) is 92.1 cm³/mol. The van der Waals surface area contributed by atoms with E-state index >= 15 is 0 Å². The van der Waals surface area contributed by atoms with Gasteiger partial charge in [0.2, 0.25) is 5.91 Å². The maximum absolute atomic E-state index is 12.8. The van der Waals surface area contributed by atoms with Gasteiger partial charge in [-0.2, -0.15) is 5.10 Å². The van der Waals surface area contributed by atoms with Crippen LogP contribution in [0.25, 0.3) is 0 Å². The number of carbonyl (C=O) groups excluding carboxylic acids is 2. The van der Waals surface area contributed by atoms with Crippen LogP contribution < -0.4 is 5.32 Å². The highest BCUT2D eigenvalue weighted by atomic mass is 16.5. The second-order valence-corrected chi connectivity index (χ2v) is 6.80. The first-order valence-corrected chi connectivity index (χ1v) is 8.89. The smallest absolute Gasteiger partial charge is 0.257 e. The quantitative estimate of drug-likeness (QED) is 0.812. The number of amides is 2. The highest BCUT2D eigenvalue weighted by molar-refractivity contribution is 5.94. The van der Waals surface area contributed by atoms with Crippen molar-refractivity contribution in [2.75, 3.05) is 46.4 Å². The molecule has 8 heteroatoms. The van der Waals surface area contributed by atoms with Crippen molar-refractivity contribution in [1.82, 2.24) is 24.9 Å². The Bertz CT molecular complexity index is 611. The Morgan fingerprint density at radius 2 is 2.00 bits per heavy atom. The molecule has 1 N–H and O–H groups in total. The van der Waals surface area contributed by atoms with Gasteiger partial charge in [-0.1, -0.05) is 0 Å². The molecule has 138 valence electrons. The van der Waals surface area contributed by atoms with Crippen molar-refractivity contribution in [3.05, 3.63) is 18.0 Å². The zero-order chi connectivity index (χ0) is 17.8. The second kappa shape index (κ2) is 7.97. The van der Waals surface area contributed by atoms with Crippen molar-refractivity contribution in [2.24, 2.45) is 13.0 Å². The fourth-order valence-electron chi connectivity index (χ4n) is 3.69. The third kappa shape index (κ3) is 4.19. The average molecular weight is 349 g/mol. The van der Waals surface area contributed by atoms with E-state index in [0.29, 0.717) is 31.2 Å². The predicted octanol–water partition coefficient (Wildman–Crippen LogP) is -0.281. The first kappa shape index (κ1) is 17.9. The van der Waals surface area contributed by atoms with E-state index in [9.17, 15) is 9.59 Å². The summed E-state index contributed by atoms with van der Waals surface area (Å²) in [7, 11) is 3.44. The van der Waals surface area contributed by atoms with Crippen LogP contribution in [0.5, 0.6) is 0 Å². The lowest BCUT2D eigenvalue weighted by atomic mass is 10.0. The number of carbonyl (C=O) groups is 2. The first-order valence-electron chi connectivity index (χ1n) is 8.89. The van der Waals surface area contributed by atoms with Crippen molar-refractivity contribution in [1.29, 1.82) is 0 Å². The van der Waals surface area contributed by atoms with Gasteiger partial charge in [0.1, 0.15) is 0 Å². The van der Waals surface area contributed by atoms with E-state index in [4.69, 9.17) is 4.74 Å². The van der Waals surface area contributed by atoms with E-state index in [2.05, 4.69) is 15.3 Å². The molecule has 1 aromatic heterocycles. The van der Waals surface area contributed by atoms with E-state index in [1.165, 1.54) is 0 Å². The minimum Gasteiger partial charge on any atom is -0.381 e. The Morgan fingerprint density at radius 1 is 1.24 bits per heavy atom. The van der Waals surface area contributed by atoms with Crippen molar-refractivity contribution >= 4 is 11.8 Å². The number of hydrogen-bond donors (Lipinski definition) is 1. The number of ether oxygens (including phenoxy) is 1. The largest absolute Gasteiger partial charge is 0.381 e. The summed E-state index contributed by atoms with van der Waals surface area (Å²) in [5, 5.41) is 6.82. The summed E-state index contributed by atoms with van der Waals surface area (Å²) in [6.45, 7) is 4.06. The standard InChI is InChI=1S/C17H27N5O3/c1-18-16(23)14-11-21(15-3-7-25-8-4-15)5-6-22(12-14)17(24)13-9-19-20(2)10-13/h9-10,14-15H,3-8,11-12H2,1-2H3,(H,18,23)/t14-/m0/s1. The van der Waals surface area contributed by atoms with Crippen molar-refractivity contribution < 1.29 is 14.3 Å². The van der Waals surface area contributed by atoms with Gasteiger partial charge >= 0.3 is 0 Å². The van der Waals surface area contributed by atoms with Crippen molar-refractivity contribution in [3.8, 4) is 0 Å². The SMILES string of the molecule is CNC(=O)[C@@H]1CN(C(=O)c2cnn(C)c2)CCN(C2CCOCC2)C1. The highest BCUT2D eigenvalue weighted by Crippen LogP contribution is 2.20. The van der Waals surface area contributed by atoms with E-state index < -0.39 is 0 Å². The van der Waals surface area contributed by atoms with Crippen molar-refractivity contribution in [3.63, 3.8) is 0 Å². The Labute approximate surface area is 148 Å². The molecule has 0 aliphatic carbocycles. The van der Waals surface area contributed by atoms with Crippen LogP contribution in [0.15, 0.2) is 12.4 Å². The minimum absolute atomic E-state index is 0.0112. The summed E-state index contributed by atoms with van der Waals surface area (Å²) in [4.78, 5) is 29.3. The molecule has 2 saturated heterocycles. The van der Waals surface area contributed by atoms with Gasteiger partial charge in [0, 0.05) is 65.7 Å². The van der Waals surface area contributed by atoms with E-state index in [1.807, 2.05) is 0 Å². The van der Waals surface area contributed by atoms with Gasteiger partial charge in [-0.15, -0.1) is 0 Å². The molecule has 3 heterocycles. The summed E-state index contributed by atoms with van der Waals surface area (Å²) in [5.41, 5.74) is 0.567. The van der Waals surface area contributed by atoms with E-state index in [0.717, 1.165) is 32.6 Å². The minimum atomic E-state index is -0.226. The molecule has 1 aromatic rings. The molecule has 1 atom stereocenters. The monoisotopic (exact) mass is 349 g/mol. The van der Waals surface area contributed by atoms with Gasteiger partial charge < -0.3 is 15.0 Å². The molecule has 0 radical (unpaired) electrons. The molecule has 8 nitrogen and oxygen atoms in total. The fraction of sp³-hybridized carbons (Fsp3) is 0.706. The fourth-order valence-corrected chi connectivity index (χ4v) is 3.69. The van der Waals surface area contributed by atoms with Crippen LogP contribution in [-0.4, -0.2) is 83.9 Å². The molecular weight excluding hydrogens is 322 g/mol. The van der Waals surface area contributed by atoms with Crippen LogP contribution in [-0.2, 0) is 16.6 Å². The van der Waals surface area contributed by atoms with Crippen LogP contribution >= 0.6 is 0 Å². The molecule has 25 heavy (non-hydrogen) atoms. The molecular formula is C17H27N5O3. The van der Waals surface area contributed by atoms with Crippen LogP contribution in [0, 0.1) is 5.92 Å². The number of rotatable bonds is 3. The summed E-state index contributed by atoms with van der Waals surface area (Å²) in [5.74, 6) is -0.297. The molecule has 0 unspecified atom stereocenters. The lowest BCUT2D eigenvalue weighted by Gasteiger charge is -2.34. The van der Waals surface area contributed by atoms with Crippen LogP contribution in [0.1, 0.15) is 23.2 Å². The second-order valence-electron chi connectivity index (χ2n) is 6.80. The van der Waals surface area contributed by atoms with Gasteiger partial charge in [-0.05, 0) is 12.8 Å². The Kier molecular flexibility index (Phi) is 5.70. The topological polar surface area (TPSA) is 79.7 Å². The van der Waals surface area contributed by atoms with Gasteiger partial charge in [-0.3, -0.25) is 19.2 Å². The zero-order valence-corrected chi connectivity index (χ0v) is 15.0. The van der Waals surface area contributed by atoms with Gasteiger partial charge in [0.05, 0.1) is 17.7 Å². The molecule has 0 aromatic carbocycles. The van der Waals surface area contributed by atoms with Gasteiger partial charge in [0.25, 0.3) is 5.91 Å². The van der Waals surface area contributed by atoms with Crippen LogP contribution in [0.3, 0.4) is 0 Å². The van der Waals surface area contributed by atoms with Crippen LogP contribution in [0.2, 0.25) is 0 Å². The maximum atomic E-state index is 12.8. The molecule has 2 aliphatic rings. The molecule has 0 saturated carbocycles. The third-order valence-corrected chi connectivity index (χ3v) is 5.12. The summed E-state index contributed by atoms with van der Waals surface area (Å²) in [6, 6.07) is 0.425. The third-order valence-electron chi connectivity index (χ3n) is 5.12. The molecule has 2 amide bonds. The normalized spacial score (nSPS) is 23.3. The highest BCUT2D eigenvalue weighted by Gasteiger charge is 2.33. The Morgan fingerprint density at radius 3 is 2.64 bits per heavy atom. The van der Waals surface area contributed by atoms with Gasteiger partial charge in [0.15, 0.2) is 0 Å². The number of hydrogen-bond acceptors (Lipinski definition) is 5. The zero-order valence-electron chi connectivity index (χ0n) is 15.0. The molecule has 0 spiro atoms. The van der Waals surface area contributed by atoms with Gasteiger partial charge in [-0.25, -0.2) is 0 Å². The summed E-state index contributed by atoms with van der Waals surface area (Å²) in [6.07, 6.45) is 5.27.